The van der Waals surface area contributed by atoms with E-state index in [4.69, 9.17) is 9.47 Å². The van der Waals surface area contributed by atoms with E-state index in [0.717, 1.165) is 0 Å². The second-order valence-electron chi connectivity index (χ2n) is 5.84. The maximum atomic E-state index is 12.8. The molecule has 0 unspecified atom stereocenters. The molecule has 0 N–H and O–H groups in total. The van der Waals surface area contributed by atoms with Crippen molar-refractivity contribution in [3.63, 3.8) is 0 Å². The summed E-state index contributed by atoms with van der Waals surface area (Å²) in [6.07, 6.45) is 1.68. The predicted molar refractivity (Wildman–Crippen MR) is 96.6 cm³/mol. The Morgan fingerprint density at radius 3 is 2.50 bits per heavy atom. The second-order valence-corrected chi connectivity index (χ2v) is 5.84. The molecular weight excluding hydrogens is 332 g/mol. The summed E-state index contributed by atoms with van der Waals surface area (Å²) < 4.78 is 10.5. The minimum absolute atomic E-state index is 0.0490. The highest BCUT2D eigenvalue weighted by Gasteiger charge is 2.24. The standard InChI is InChI=1S/C19H20N4O3/c1-25-16-6-5-14(12-17(16)26-2)19(24)23-10-8-22(9-11-23)18-15(13-20)4-3-7-21-18/h3-7,12H,8-11H2,1-2H3. The number of anilines is 1. The summed E-state index contributed by atoms with van der Waals surface area (Å²) in [5.74, 6) is 1.75. The van der Waals surface area contributed by atoms with Crippen LogP contribution in [-0.2, 0) is 0 Å². The number of carbonyl (C=O) groups is 1. The fourth-order valence-corrected chi connectivity index (χ4v) is 3.01. The van der Waals surface area contributed by atoms with Crippen molar-refractivity contribution in [2.75, 3.05) is 45.3 Å². The number of benzene rings is 1. The van der Waals surface area contributed by atoms with Gasteiger partial charge in [0.25, 0.3) is 5.91 Å². The molecule has 2 aromatic rings. The minimum atomic E-state index is -0.0490. The van der Waals surface area contributed by atoms with E-state index in [1.807, 2.05) is 4.90 Å². The lowest BCUT2D eigenvalue weighted by atomic mass is 10.1. The molecule has 1 aromatic heterocycles. The van der Waals surface area contributed by atoms with Gasteiger partial charge in [0.15, 0.2) is 11.5 Å². The molecule has 7 nitrogen and oxygen atoms in total. The van der Waals surface area contributed by atoms with Gasteiger partial charge in [-0.15, -0.1) is 0 Å². The molecule has 1 amide bonds. The van der Waals surface area contributed by atoms with Crippen molar-refractivity contribution < 1.29 is 14.3 Å². The lowest BCUT2D eigenvalue weighted by molar-refractivity contribution is 0.0746. The van der Waals surface area contributed by atoms with Gasteiger partial charge in [-0.25, -0.2) is 4.98 Å². The number of aromatic nitrogens is 1. The van der Waals surface area contributed by atoms with Crippen LogP contribution in [0.2, 0.25) is 0 Å². The number of ether oxygens (including phenoxy) is 2. The van der Waals surface area contributed by atoms with Crippen LogP contribution in [0.15, 0.2) is 36.5 Å². The highest BCUT2D eigenvalue weighted by molar-refractivity contribution is 5.95. The molecule has 1 aromatic carbocycles. The van der Waals surface area contributed by atoms with E-state index < -0.39 is 0 Å². The molecule has 3 rings (SSSR count). The van der Waals surface area contributed by atoms with Crippen LogP contribution in [-0.4, -0.2) is 56.2 Å². The van der Waals surface area contributed by atoms with Crippen molar-refractivity contribution in [2.45, 2.75) is 0 Å². The molecule has 0 saturated carbocycles. The van der Waals surface area contributed by atoms with Crippen LogP contribution in [0, 0.1) is 11.3 Å². The van der Waals surface area contributed by atoms with Gasteiger partial charge in [0.05, 0.1) is 19.8 Å². The summed E-state index contributed by atoms with van der Waals surface area (Å²) in [4.78, 5) is 20.9. The first-order chi connectivity index (χ1) is 12.7. The summed E-state index contributed by atoms with van der Waals surface area (Å²) in [5, 5.41) is 9.23. The van der Waals surface area contributed by atoms with E-state index in [9.17, 15) is 10.1 Å². The summed E-state index contributed by atoms with van der Waals surface area (Å²) >= 11 is 0. The Morgan fingerprint density at radius 2 is 1.85 bits per heavy atom. The highest BCUT2D eigenvalue weighted by Crippen LogP contribution is 2.28. The average Bonchev–Trinajstić information content (AvgIpc) is 2.72. The molecule has 0 aliphatic carbocycles. The molecule has 0 spiro atoms. The molecule has 0 bridgehead atoms. The van der Waals surface area contributed by atoms with E-state index in [1.54, 1.807) is 55.6 Å². The monoisotopic (exact) mass is 352 g/mol. The number of hydrogen-bond donors (Lipinski definition) is 0. The number of amides is 1. The quantitative estimate of drug-likeness (QED) is 0.837. The fraction of sp³-hybridized carbons (Fsp3) is 0.316. The third kappa shape index (κ3) is 3.40. The van der Waals surface area contributed by atoms with Crippen LogP contribution in [0.5, 0.6) is 11.5 Å². The largest absolute Gasteiger partial charge is 0.493 e. The summed E-state index contributed by atoms with van der Waals surface area (Å²) in [5.41, 5.74) is 1.11. The third-order valence-electron chi connectivity index (χ3n) is 4.40. The molecule has 134 valence electrons. The number of nitrogens with zero attached hydrogens (tertiary/aromatic N) is 4. The summed E-state index contributed by atoms with van der Waals surface area (Å²) in [6, 6.07) is 10.8. The first kappa shape index (κ1) is 17.5. The molecule has 1 aliphatic rings. The number of rotatable bonds is 4. The lowest BCUT2D eigenvalue weighted by Gasteiger charge is -2.35. The van der Waals surface area contributed by atoms with Gasteiger partial charge in [-0.3, -0.25) is 4.79 Å². The van der Waals surface area contributed by atoms with Crippen molar-refractivity contribution in [3.05, 3.63) is 47.7 Å². The Morgan fingerprint density at radius 1 is 1.12 bits per heavy atom. The summed E-state index contributed by atoms with van der Waals surface area (Å²) in [7, 11) is 3.11. The zero-order chi connectivity index (χ0) is 18.5. The van der Waals surface area contributed by atoms with Gasteiger partial charge in [-0.2, -0.15) is 5.26 Å². The zero-order valence-electron chi connectivity index (χ0n) is 14.8. The van der Waals surface area contributed by atoms with Crippen molar-refractivity contribution in [1.82, 2.24) is 9.88 Å². The minimum Gasteiger partial charge on any atom is -0.493 e. The molecule has 26 heavy (non-hydrogen) atoms. The van der Waals surface area contributed by atoms with Crippen molar-refractivity contribution >= 4 is 11.7 Å². The Hall–Kier alpha value is -3.27. The Bertz CT molecular complexity index is 839. The second kappa shape index (κ2) is 7.74. The number of pyridine rings is 1. The zero-order valence-corrected chi connectivity index (χ0v) is 14.8. The molecule has 0 radical (unpaired) electrons. The predicted octanol–water partition coefficient (Wildman–Crippen LogP) is 1.93. The van der Waals surface area contributed by atoms with Gasteiger partial charge in [0, 0.05) is 37.9 Å². The Balaban J connectivity index is 1.70. The van der Waals surface area contributed by atoms with Gasteiger partial charge in [0.2, 0.25) is 0 Å². The van der Waals surface area contributed by atoms with Crippen LogP contribution in [0.3, 0.4) is 0 Å². The van der Waals surface area contributed by atoms with Crippen LogP contribution in [0.1, 0.15) is 15.9 Å². The SMILES string of the molecule is COc1ccc(C(=O)N2CCN(c3ncccc3C#N)CC2)cc1OC. The first-order valence-electron chi connectivity index (χ1n) is 8.29. The fourth-order valence-electron chi connectivity index (χ4n) is 3.01. The van der Waals surface area contributed by atoms with Gasteiger partial charge in [-0.05, 0) is 30.3 Å². The number of hydrogen-bond acceptors (Lipinski definition) is 6. The topological polar surface area (TPSA) is 78.7 Å². The molecule has 2 heterocycles. The molecule has 7 heteroatoms. The van der Waals surface area contributed by atoms with Crippen LogP contribution in [0.4, 0.5) is 5.82 Å². The molecule has 1 fully saturated rings. The van der Waals surface area contributed by atoms with E-state index in [2.05, 4.69) is 11.1 Å². The highest BCUT2D eigenvalue weighted by atomic mass is 16.5. The van der Waals surface area contributed by atoms with Crippen LogP contribution >= 0.6 is 0 Å². The van der Waals surface area contributed by atoms with Crippen molar-refractivity contribution in [3.8, 4) is 17.6 Å². The van der Waals surface area contributed by atoms with Crippen molar-refractivity contribution in [1.29, 1.82) is 5.26 Å². The number of carbonyl (C=O) groups excluding carboxylic acids is 1. The van der Waals surface area contributed by atoms with E-state index in [-0.39, 0.29) is 5.91 Å². The molecule has 0 atom stereocenters. The van der Waals surface area contributed by atoms with Gasteiger partial charge >= 0.3 is 0 Å². The Labute approximate surface area is 152 Å². The Kier molecular flexibility index (Phi) is 5.23. The van der Waals surface area contributed by atoms with Crippen LogP contribution < -0.4 is 14.4 Å². The third-order valence-corrected chi connectivity index (χ3v) is 4.40. The normalized spacial score (nSPS) is 13.9. The van der Waals surface area contributed by atoms with Gasteiger partial charge < -0.3 is 19.3 Å². The average molecular weight is 352 g/mol. The van der Waals surface area contributed by atoms with E-state index in [0.29, 0.717) is 54.6 Å². The lowest BCUT2D eigenvalue weighted by Crippen LogP contribution is -2.49. The molecular formula is C19H20N4O3. The van der Waals surface area contributed by atoms with Gasteiger partial charge in [0.1, 0.15) is 11.9 Å². The van der Waals surface area contributed by atoms with E-state index in [1.165, 1.54) is 0 Å². The number of piperazine rings is 1. The number of nitriles is 1. The maximum absolute atomic E-state index is 12.8. The van der Waals surface area contributed by atoms with Gasteiger partial charge in [-0.1, -0.05) is 0 Å². The molecule has 1 saturated heterocycles. The maximum Gasteiger partial charge on any atom is 0.254 e. The summed E-state index contributed by atoms with van der Waals surface area (Å²) in [6.45, 7) is 2.39. The smallest absolute Gasteiger partial charge is 0.254 e. The molecule has 1 aliphatic heterocycles. The first-order valence-corrected chi connectivity index (χ1v) is 8.29. The number of methoxy groups -OCH3 is 2. The van der Waals surface area contributed by atoms with Crippen molar-refractivity contribution in [2.24, 2.45) is 0 Å². The van der Waals surface area contributed by atoms with E-state index >= 15 is 0 Å². The van der Waals surface area contributed by atoms with Crippen LogP contribution in [0.25, 0.3) is 0 Å².